The van der Waals surface area contributed by atoms with Crippen molar-refractivity contribution in [1.82, 2.24) is 9.97 Å². The van der Waals surface area contributed by atoms with Crippen LogP contribution in [0.15, 0.2) is 60.8 Å². The Labute approximate surface area is 198 Å². The first-order chi connectivity index (χ1) is 16.5. The second-order valence-electron chi connectivity index (χ2n) is 7.72. The van der Waals surface area contributed by atoms with Gasteiger partial charge in [-0.2, -0.15) is 5.26 Å². The predicted octanol–water partition coefficient (Wildman–Crippen LogP) is 4.91. The van der Waals surface area contributed by atoms with Gasteiger partial charge in [0.15, 0.2) is 11.5 Å². The molecule has 0 saturated heterocycles. The Morgan fingerprint density at radius 3 is 2.44 bits per heavy atom. The molecule has 0 spiro atoms. The monoisotopic (exact) mass is 455 g/mol. The molecule has 0 saturated carbocycles. The summed E-state index contributed by atoms with van der Waals surface area (Å²) in [6, 6.07) is 19.2. The fraction of sp³-hybridized carbons (Fsp3) is 0.192. The Bertz CT molecular complexity index is 1350. The number of anilines is 3. The molecule has 0 aliphatic carbocycles. The van der Waals surface area contributed by atoms with Crippen molar-refractivity contribution in [3.05, 3.63) is 71.9 Å². The maximum absolute atomic E-state index is 9.86. The lowest BCUT2D eigenvalue weighted by atomic mass is 10.1. The SMILES string of the molecule is COc1ccc(COc2ccc(Nc3ccc4ncc(N(C)C)nc4c3C#N)cc2OC)cc1. The zero-order valence-corrected chi connectivity index (χ0v) is 19.5. The maximum Gasteiger partial charge on any atom is 0.162 e. The summed E-state index contributed by atoms with van der Waals surface area (Å²) in [4.78, 5) is 10.9. The van der Waals surface area contributed by atoms with E-state index in [1.807, 2.05) is 73.6 Å². The predicted molar refractivity (Wildman–Crippen MR) is 132 cm³/mol. The summed E-state index contributed by atoms with van der Waals surface area (Å²) in [6.07, 6.45) is 1.69. The van der Waals surface area contributed by atoms with Gasteiger partial charge in [0.25, 0.3) is 0 Å². The summed E-state index contributed by atoms with van der Waals surface area (Å²) in [5.41, 5.74) is 4.03. The van der Waals surface area contributed by atoms with E-state index >= 15 is 0 Å². The minimum atomic E-state index is 0.392. The molecule has 0 atom stereocenters. The van der Waals surface area contributed by atoms with Gasteiger partial charge in [0.2, 0.25) is 0 Å². The molecule has 4 aromatic rings. The van der Waals surface area contributed by atoms with Gasteiger partial charge in [0, 0.05) is 25.8 Å². The number of nitriles is 1. The third kappa shape index (κ3) is 4.79. The van der Waals surface area contributed by atoms with Gasteiger partial charge in [-0.05, 0) is 42.0 Å². The molecule has 0 fully saturated rings. The van der Waals surface area contributed by atoms with Gasteiger partial charge >= 0.3 is 0 Å². The van der Waals surface area contributed by atoms with Crippen molar-refractivity contribution in [2.24, 2.45) is 0 Å². The van der Waals surface area contributed by atoms with E-state index in [2.05, 4.69) is 21.4 Å². The van der Waals surface area contributed by atoms with Gasteiger partial charge in [-0.1, -0.05) is 12.1 Å². The molecule has 4 rings (SSSR count). The fourth-order valence-corrected chi connectivity index (χ4v) is 3.40. The van der Waals surface area contributed by atoms with Crippen LogP contribution in [0.1, 0.15) is 11.1 Å². The van der Waals surface area contributed by atoms with Crippen molar-refractivity contribution >= 4 is 28.2 Å². The number of methoxy groups -OCH3 is 2. The highest BCUT2D eigenvalue weighted by Gasteiger charge is 2.13. The number of aromatic nitrogens is 2. The molecule has 0 amide bonds. The van der Waals surface area contributed by atoms with Crippen LogP contribution in [0.2, 0.25) is 0 Å². The van der Waals surface area contributed by atoms with Crippen molar-refractivity contribution in [2.45, 2.75) is 6.61 Å². The van der Waals surface area contributed by atoms with Crippen molar-refractivity contribution in [1.29, 1.82) is 5.26 Å². The van der Waals surface area contributed by atoms with E-state index in [0.29, 0.717) is 46.2 Å². The van der Waals surface area contributed by atoms with Gasteiger partial charge < -0.3 is 24.4 Å². The Hall–Kier alpha value is -4.51. The molecule has 0 aliphatic heterocycles. The molecule has 8 heteroatoms. The minimum Gasteiger partial charge on any atom is -0.497 e. The molecule has 0 bridgehead atoms. The van der Waals surface area contributed by atoms with Crippen LogP contribution in [0, 0.1) is 11.3 Å². The number of nitrogens with one attached hydrogen (secondary N) is 1. The number of rotatable bonds is 8. The van der Waals surface area contributed by atoms with Crippen molar-refractivity contribution in [2.75, 3.05) is 38.5 Å². The average Bonchev–Trinajstić information content (AvgIpc) is 2.87. The molecule has 8 nitrogen and oxygen atoms in total. The molecule has 0 unspecified atom stereocenters. The Morgan fingerprint density at radius 1 is 0.971 bits per heavy atom. The Balaban J connectivity index is 1.57. The van der Waals surface area contributed by atoms with E-state index < -0.39 is 0 Å². The molecular formula is C26H25N5O3. The summed E-state index contributed by atoms with van der Waals surface area (Å²) in [5, 5.41) is 13.2. The lowest BCUT2D eigenvalue weighted by Crippen LogP contribution is -2.11. The molecule has 172 valence electrons. The average molecular weight is 456 g/mol. The molecule has 1 aromatic heterocycles. The number of fused-ring (bicyclic) bond motifs is 1. The third-order valence-electron chi connectivity index (χ3n) is 5.27. The molecule has 0 radical (unpaired) electrons. The van der Waals surface area contributed by atoms with E-state index in [-0.39, 0.29) is 0 Å². The van der Waals surface area contributed by atoms with E-state index in [1.54, 1.807) is 20.4 Å². The lowest BCUT2D eigenvalue weighted by Gasteiger charge is -2.15. The van der Waals surface area contributed by atoms with Crippen LogP contribution < -0.4 is 24.4 Å². The second-order valence-corrected chi connectivity index (χ2v) is 7.72. The van der Waals surface area contributed by atoms with Gasteiger partial charge in [-0.25, -0.2) is 4.98 Å². The van der Waals surface area contributed by atoms with Crippen molar-refractivity contribution in [3.8, 4) is 23.3 Å². The smallest absolute Gasteiger partial charge is 0.162 e. The van der Waals surface area contributed by atoms with Crippen LogP contribution in [-0.4, -0.2) is 38.3 Å². The van der Waals surface area contributed by atoms with E-state index in [1.165, 1.54) is 0 Å². The molecule has 1 N–H and O–H groups in total. The molecular weight excluding hydrogens is 430 g/mol. The van der Waals surface area contributed by atoms with Crippen LogP contribution in [0.5, 0.6) is 17.2 Å². The highest BCUT2D eigenvalue weighted by Crippen LogP contribution is 2.34. The van der Waals surface area contributed by atoms with E-state index in [4.69, 9.17) is 14.2 Å². The summed E-state index contributed by atoms with van der Waals surface area (Å²) in [6.45, 7) is 0.392. The Kier molecular flexibility index (Phi) is 6.64. The zero-order valence-electron chi connectivity index (χ0n) is 19.5. The fourth-order valence-electron chi connectivity index (χ4n) is 3.40. The number of hydrogen-bond acceptors (Lipinski definition) is 8. The highest BCUT2D eigenvalue weighted by atomic mass is 16.5. The molecule has 34 heavy (non-hydrogen) atoms. The third-order valence-corrected chi connectivity index (χ3v) is 5.27. The summed E-state index contributed by atoms with van der Waals surface area (Å²) in [5.74, 6) is 2.67. The first-order valence-electron chi connectivity index (χ1n) is 10.6. The molecule has 1 heterocycles. The summed E-state index contributed by atoms with van der Waals surface area (Å²) < 4.78 is 16.7. The number of nitrogens with zero attached hydrogens (tertiary/aromatic N) is 4. The van der Waals surface area contributed by atoms with E-state index in [9.17, 15) is 5.26 Å². The molecule has 0 aliphatic rings. The van der Waals surface area contributed by atoms with Gasteiger partial charge in [0.1, 0.15) is 35.3 Å². The minimum absolute atomic E-state index is 0.392. The van der Waals surface area contributed by atoms with E-state index in [0.717, 1.165) is 17.0 Å². The largest absolute Gasteiger partial charge is 0.497 e. The van der Waals surface area contributed by atoms with Gasteiger partial charge in [-0.15, -0.1) is 0 Å². The van der Waals surface area contributed by atoms with Gasteiger partial charge in [-0.3, -0.25) is 4.98 Å². The van der Waals surface area contributed by atoms with Crippen LogP contribution in [0.3, 0.4) is 0 Å². The van der Waals surface area contributed by atoms with Crippen molar-refractivity contribution in [3.63, 3.8) is 0 Å². The maximum atomic E-state index is 9.86. The standard InChI is InChI=1S/C26H25N5O3/c1-31(2)25-15-28-22-11-10-21(20(14-27)26(22)30-25)29-18-7-12-23(24(13-18)33-4)34-16-17-5-8-19(32-3)9-6-17/h5-13,15,29H,16H2,1-4H3. The quantitative estimate of drug-likeness (QED) is 0.401. The number of benzene rings is 3. The van der Waals surface area contributed by atoms with Crippen LogP contribution in [0.25, 0.3) is 11.0 Å². The normalized spacial score (nSPS) is 10.4. The zero-order chi connectivity index (χ0) is 24.1. The number of hydrogen-bond donors (Lipinski definition) is 1. The first kappa shape index (κ1) is 22.7. The van der Waals surface area contributed by atoms with Crippen LogP contribution >= 0.6 is 0 Å². The second kappa shape index (κ2) is 9.96. The Morgan fingerprint density at radius 2 is 1.76 bits per heavy atom. The first-order valence-corrected chi connectivity index (χ1v) is 10.6. The van der Waals surface area contributed by atoms with Crippen molar-refractivity contribution < 1.29 is 14.2 Å². The van der Waals surface area contributed by atoms with Crippen LogP contribution in [-0.2, 0) is 6.61 Å². The van der Waals surface area contributed by atoms with Gasteiger partial charge in [0.05, 0.1) is 31.6 Å². The highest BCUT2D eigenvalue weighted by molar-refractivity contribution is 5.89. The topological polar surface area (TPSA) is 92.5 Å². The lowest BCUT2D eigenvalue weighted by molar-refractivity contribution is 0.284. The molecule has 3 aromatic carbocycles. The summed E-state index contributed by atoms with van der Waals surface area (Å²) >= 11 is 0. The number of ether oxygens (including phenoxy) is 3. The summed E-state index contributed by atoms with van der Waals surface area (Å²) in [7, 11) is 7.00. The van der Waals surface area contributed by atoms with Crippen LogP contribution in [0.4, 0.5) is 17.2 Å².